The predicted molar refractivity (Wildman–Crippen MR) is 173 cm³/mol. The van der Waals surface area contributed by atoms with Crippen molar-refractivity contribution in [3.63, 3.8) is 0 Å². The van der Waals surface area contributed by atoms with Crippen molar-refractivity contribution < 1.29 is 14.7 Å². The molecule has 3 amide bonds. The van der Waals surface area contributed by atoms with E-state index in [1.807, 2.05) is 62.9 Å². The zero-order valence-corrected chi connectivity index (χ0v) is 27.4. The van der Waals surface area contributed by atoms with Crippen molar-refractivity contribution in [3.05, 3.63) is 82.2 Å². The van der Waals surface area contributed by atoms with Crippen LogP contribution in [0.5, 0.6) is 0 Å². The molecule has 10 nitrogen and oxygen atoms in total. The summed E-state index contributed by atoms with van der Waals surface area (Å²) in [7, 11) is 0. The highest BCUT2D eigenvalue weighted by atomic mass is 35.5. The zero-order chi connectivity index (χ0) is 31.9. The molecule has 1 unspecified atom stereocenters. The molecule has 45 heavy (non-hydrogen) atoms. The first-order valence-corrected chi connectivity index (χ1v) is 16.3. The Morgan fingerprint density at radius 2 is 1.91 bits per heavy atom. The molecule has 0 spiro atoms. The van der Waals surface area contributed by atoms with Crippen LogP contribution in [0.1, 0.15) is 67.7 Å². The largest absolute Gasteiger partial charge is 0.386 e. The average molecular weight is 634 g/mol. The minimum atomic E-state index is -1.09. The number of benzene rings is 1. The third-order valence-electron chi connectivity index (χ3n) is 9.16. The first kappa shape index (κ1) is 31.5. The van der Waals surface area contributed by atoms with Crippen molar-refractivity contribution in [1.29, 1.82) is 0 Å². The highest BCUT2D eigenvalue weighted by Crippen LogP contribution is 2.38. The van der Waals surface area contributed by atoms with Crippen molar-refractivity contribution in [1.82, 2.24) is 34.6 Å². The first-order valence-electron chi connectivity index (χ1n) is 15.9. The molecule has 4 heterocycles. The summed E-state index contributed by atoms with van der Waals surface area (Å²) in [4.78, 5) is 43.1. The molecule has 2 aromatic heterocycles. The molecular weight excluding hydrogens is 590 g/mol. The zero-order valence-electron chi connectivity index (χ0n) is 26.7. The number of β-amino-alcohol motifs (C(OH)–C–C–N with tert-alkyl or cyclic N) is 1. The Kier molecular flexibility index (Phi) is 8.67. The molecule has 3 aromatic rings. The van der Waals surface area contributed by atoms with E-state index < -0.39 is 17.2 Å². The van der Waals surface area contributed by atoms with Gasteiger partial charge in [0.25, 0.3) is 0 Å². The number of piperazine rings is 1. The summed E-state index contributed by atoms with van der Waals surface area (Å²) in [5.41, 5.74) is 3.82. The van der Waals surface area contributed by atoms with Gasteiger partial charge in [0.1, 0.15) is 11.6 Å². The molecule has 2 N–H and O–H groups in total. The number of pyridine rings is 1. The first-order chi connectivity index (χ1) is 21.4. The molecule has 240 valence electrons. The quantitative estimate of drug-likeness (QED) is 0.450. The van der Waals surface area contributed by atoms with Gasteiger partial charge in [-0.05, 0) is 88.3 Å². The number of piperidine rings is 1. The number of halogens is 1. The number of aryl methyl sites for hydroxylation is 3. The lowest BCUT2D eigenvalue weighted by Gasteiger charge is -2.47. The van der Waals surface area contributed by atoms with E-state index in [0.29, 0.717) is 50.6 Å². The van der Waals surface area contributed by atoms with Gasteiger partial charge in [-0.1, -0.05) is 23.7 Å². The number of rotatable bonds is 4. The Morgan fingerprint density at radius 3 is 2.67 bits per heavy atom. The fourth-order valence-electron chi connectivity index (χ4n) is 7.18. The monoisotopic (exact) mass is 633 g/mol. The number of likely N-dealkylation sites (tertiary alicyclic amines) is 1. The Labute approximate surface area is 270 Å². The van der Waals surface area contributed by atoms with Crippen LogP contribution in [0.2, 0.25) is 5.02 Å². The van der Waals surface area contributed by atoms with Crippen molar-refractivity contribution >= 4 is 23.5 Å². The second-order valence-electron chi connectivity index (χ2n) is 14.0. The van der Waals surface area contributed by atoms with E-state index in [9.17, 15) is 14.7 Å². The van der Waals surface area contributed by atoms with E-state index in [2.05, 4.69) is 27.3 Å². The van der Waals surface area contributed by atoms with Gasteiger partial charge in [0.2, 0.25) is 5.91 Å². The number of hydrogen-bond donors (Lipinski definition) is 2. The van der Waals surface area contributed by atoms with Gasteiger partial charge >= 0.3 is 6.03 Å². The maximum absolute atomic E-state index is 14.5. The molecule has 2 fully saturated rings. The lowest BCUT2D eigenvalue weighted by molar-refractivity contribution is -0.146. The summed E-state index contributed by atoms with van der Waals surface area (Å²) >= 11 is 6.45. The number of carbonyl (C=O) groups excluding carboxylic acids is 2. The van der Waals surface area contributed by atoms with Crippen LogP contribution in [0.3, 0.4) is 0 Å². The molecular formula is C34H44ClN7O3. The number of imidazole rings is 1. The van der Waals surface area contributed by atoms with Gasteiger partial charge in [0, 0.05) is 49.1 Å². The van der Waals surface area contributed by atoms with Gasteiger partial charge in [-0.25, -0.2) is 9.78 Å². The Bertz CT molecular complexity index is 1570. The van der Waals surface area contributed by atoms with Crippen LogP contribution in [0.4, 0.5) is 4.79 Å². The van der Waals surface area contributed by atoms with Crippen LogP contribution in [-0.2, 0) is 24.2 Å². The van der Waals surface area contributed by atoms with Crippen LogP contribution in [-0.4, -0.2) is 96.2 Å². The van der Waals surface area contributed by atoms with Crippen LogP contribution >= 0.6 is 11.6 Å². The molecule has 2 saturated heterocycles. The van der Waals surface area contributed by atoms with Crippen molar-refractivity contribution in [2.75, 3.05) is 32.7 Å². The molecule has 0 saturated carbocycles. The van der Waals surface area contributed by atoms with Gasteiger partial charge in [-0.3, -0.25) is 14.7 Å². The molecule has 3 atom stereocenters. The molecule has 0 bridgehead atoms. The number of urea groups is 1. The lowest BCUT2D eigenvalue weighted by Crippen LogP contribution is -2.66. The highest BCUT2D eigenvalue weighted by Gasteiger charge is 2.44. The van der Waals surface area contributed by atoms with Gasteiger partial charge in [0.05, 0.1) is 36.8 Å². The van der Waals surface area contributed by atoms with Crippen LogP contribution in [0.25, 0.3) is 0 Å². The van der Waals surface area contributed by atoms with Crippen LogP contribution < -0.4 is 5.32 Å². The van der Waals surface area contributed by atoms with Crippen LogP contribution in [0, 0.1) is 6.92 Å². The number of aromatic nitrogens is 3. The topological polar surface area (TPSA) is 107 Å². The summed E-state index contributed by atoms with van der Waals surface area (Å²) in [5, 5.41) is 15.4. The van der Waals surface area contributed by atoms with Gasteiger partial charge in [-0.2, -0.15) is 0 Å². The van der Waals surface area contributed by atoms with Gasteiger partial charge in [-0.15, -0.1) is 0 Å². The van der Waals surface area contributed by atoms with E-state index in [1.165, 1.54) is 11.1 Å². The average Bonchev–Trinajstić information content (AvgIpc) is 3.31. The third kappa shape index (κ3) is 6.88. The van der Waals surface area contributed by atoms with E-state index in [4.69, 9.17) is 16.6 Å². The SMILES string of the molecule is Cc1cn(CC2(O)CCCN(C(=O)[C@H]3CN([C@H]4c5ccc(Cl)cc5CCc5cccnc54)CCN3C(=O)NC(C)(C)C)C2)cn1. The second-order valence-corrected chi connectivity index (χ2v) is 14.4. The van der Waals surface area contributed by atoms with Crippen molar-refractivity contribution in [2.24, 2.45) is 0 Å². The molecule has 3 aliphatic rings. The summed E-state index contributed by atoms with van der Waals surface area (Å²) < 4.78 is 1.88. The van der Waals surface area contributed by atoms with E-state index in [-0.39, 0.29) is 24.5 Å². The lowest BCUT2D eigenvalue weighted by atomic mass is 9.91. The maximum Gasteiger partial charge on any atom is 0.318 e. The minimum Gasteiger partial charge on any atom is -0.386 e. The standard InChI is InChI=1S/C34H44ClN7O3/c1-23-18-39(22-37-23)20-34(45)12-6-14-41(21-34)31(43)28-19-40(15-16-42(28)32(44)38-33(2,3)4)30-27-11-10-26(35)17-25(27)9-8-24-7-5-13-36-29(24)30/h5,7,10-11,13,17-18,22,28,30,45H,6,8-9,12,14-16,19-21H2,1-4H3,(H,38,44)/t28-,30+,34?/m1/s1. The number of nitrogens with zero attached hydrogens (tertiary/aromatic N) is 6. The van der Waals surface area contributed by atoms with Gasteiger partial charge in [0.15, 0.2) is 0 Å². The molecule has 6 rings (SSSR count). The molecule has 11 heteroatoms. The van der Waals surface area contributed by atoms with Gasteiger partial charge < -0.3 is 24.8 Å². The summed E-state index contributed by atoms with van der Waals surface area (Å²) in [6, 6.07) is 9.00. The second kappa shape index (κ2) is 12.4. The smallest absolute Gasteiger partial charge is 0.318 e. The van der Waals surface area contributed by atoms with E-state index >= 15 is 0 Å². The molecule has 1 aromatic carbocycles. The predicted octanol–water partition coefficient (Wildman–Crippen LogP) is 3.98. The number of aliphatic hydroxyl groups is 1. The highest BCUT2D eigenvalue weighted by molar-refractivity contribution is 6.30. The Morgan fingerprint density at radius 1 is 1.11 bits per heavy atom. The number of hydrogen-bond acceptors (Lipinski definition) is 6. The number of fused-ring (bicyclic) bond motifs is 2. The number of amides is 3. The molecule has 0 radical (unpaired) electrons. The number of nitrogens with one attached hydrogen (secondary N) is 1. The van der Waals surface area contributed by atoms with Crippen LogP contribution in [0.15, 0.2) is 49.1 Å². The fourth-order valence-corrected chi connectivity index (χ4v) is 7.37. The maximum atomic E-state index is 14.5. The Balaban J connectivity index is 1.32. The molecule has 2 aliphatic heterocycles. The normalized spacial score (nSPS) is 24.0. The summed E-state index contributed by atoms with van der Waals surface area (Å²) in [6.45, 7) is 10.1. The third-order valence-corrected chi connectivity index (χ3v) is 9.39. The minimum absolute atomic E-state index is 0.144. The Hall–Kier alpha value is -3.47. The van der Waals surface area contributed by atoms with Crippen molar-refractivity contribution in [2.45, 2.75) is 83.1 Å². The number of carbonyl (C=O) groups is 2. The molecule has 1 aliphatic carbocycles. The van der Waals surface area contributed by atoms with E-state index in [1.54, 1.807) is 16.1 Å². The van der Waals surface area contributed by atoms with Crippen molar-refractivity contribution in [3.8, 4) is 0 Å². The summed E-state index contributed by atoms with van der Waals surface area (Å²) in [5.74, 6) is -0.144. The van der Waals surface area contributed by atoms with E-state index in [0.717, 1.165) is 29.8 Å². The summed E-state index contributed by atoms with van der Waals surface area (Å²) in [6.07, 6.45) is 8.42. The fraction of sp³-hybridized carbons (Fsp3) is 0.529.